The van der Waals surface area contributed by atoms with Crippen molar-refractivity contribution in [3.8, 4) is 0 Å². The number of anilines is 1. The highest BCUT2D eigenvalue weighted by atomic mass is 16.1. The van der Waals surface area contributed by atoms with Gasteiger partial charge in [0.1, 0.15) is 5.82 Å². The molecule has 2 aromatic carbocycles. The van der Waals surface area contributed by atoms with Gasteiger partial charge in [-0.25, -0.2) is 4.98 Å². The van der Waals surface area contributed by atoms with Gasteiger partial charge < -0.3 is 11.1 Å². The Labute approximate surface area is 141 Å². The number of nitrogen functional groups attached to an aromatic ring is 1. The van der Waals surface area contributed by atoms with Gasteiger partial charge in [0.05, 0.1) is 6.04 Å². The van der Waals surface area contributed by atoms with Gasteiger partial charge in [-0.3, -0.25) is 4.79 Å². The molecule has 4 heteroatoms. The van der Waals surface area contributed by atoms with E-state index in [0.29, 0.717) is 5.82 Å². The van der Waals surface area contributed by atoms with Crippen LogP contribution in [0, 0.1) is 0 Å². The Bertz CT molecular complexity index is 880. The van der Waals surface area contributed by atoms with Crippen molar-refractivity contribution in [1.29, 1.82) is 0 Å². The van der Waals surface area contributed by atoms with Crippen LogP contribution >= 0.6 is 0 Å². The molecule has 120 valence electrons. The maximum Gasteiger partial charge on any atom is 0.244 e. The summed E-state index contributed by atoms with van der Waals surface area (Å²) in [6, 6.07) is 17.7. The summed E-state index contributed by atoms with van der Waals surface area (Å²) in [5, 5.41) is 5.32. The zero-order valence-electron chi connectivity index (χ0n) is 13.4. The monoisotopic (exact) mass is 317 g/mol. The lowest BCUT2D eigenvalue weighted by atomic mass is 10.00. The number of benzene rings is 2. The lowest BCUT2D eigenvalue weighted by Crippen LogP contribution is -2.24. The van der Waals surface area contributed by atoms with Crippen LogP contribution in [0.5, 0.6) is 0 Å². The van der Waals surface area contributed by atoms with Crippen LogP contribution in [0.25, 0.3) is 16.8 Å². The molecule has 1 heterocycles. The molecule has 0 aliphatic rings. The number of hydrogen-bond acceptors (Lipinski definition) is 3. The highest BCUT2D eigenvalue weighted by molar-refractivity contribution is 5.93. The van der Waals surface area contributed by atoms with Crippen LogP contribution in [0.4, 0.5) is 5.82 Å². The molecule has 0 bridgehead atoms. The second kappa shape index (κ2) is 6.96. The first kappa shape index (κ1) is 15.7. The van der Waals surface area contributed by atoms with Crippen molar-refractivity contribution in [2.45, 2.75) is 13.0 Å². The standard InChI is InChI=1S/C20H19N3O/c1-14(17-8-4-6-16-5-2-3-7-18(16)17)23-20(24)12-10-15-9-11-19(21)22-13-15/h2-14H,1H3,(H2,21,22)(H,23,24)/b12-10+. The predicted octanol–water partition coefficient (Wildman–Crippen LogP) is 3.71. The maximum atomic E-state index is 12.2. The first-order valence-corrected chi connectivity index (χ1v) is 7.81. The van der Waals surface area contributed by atoms with Crippen molar-refractivity contribution in [2.24, 2.45) is 0 Å². The number of pyridine rings is 1. The first-order valence-electron chi connectivity index (χ1n) is 7.81. The maximum absolute atomic E-state index is 12.2. The first-order chi connectivity index (χ1) is 11.6. The van der Waals surface area contributed by atoms with Crippen LogP contribution in [0.3, 0.4) is 0 Å². The fourth-order valence-electron chi connectivity index (χ4n) is 2.65. The molecule has 0 fully saturated rings. The third-order valence-corrected chi connectivity index (χ3v) is 3.89. The van der Waals surface area contributed by atoms with Gasteiger partial charge in [0.15, 0.2) is 0 Å². The second-order valence-corrected chi connectivity index (χ2v) is 5.65. The van der Waals surface area contributed by atoms with Crippen molar-refractivity contribution < 1.29 is 4.79 Å². The molecule has 3 rings (SSSR count). The van der Waals surface area contributed by atoms with E-state index in [2.05, 4.69) is 28.5 Å². The van der Waals surface area contributed by atoms with Crippen LogP contribution in [0.15, 0.2) is 66.9 Å². The third kappa shape index (κ3) is 3.60. The number of nitrogens with two attached hydrogens (primary N) is 1. The van der Waals surface area contributed by atoms with Crippen LogP contribution in [-0.2, 0) is 4.79 Å². The fourth-order valence-corrected chi connectivity index (χ4v) is 2.65. The van der Waals surface area contributed by atoms with E-state index < -0.39 is 0 Å². The van der Waals surface area contributed by atoms with E-state index in [-0.39, 0.29) is 11.9 Å². The van der Waals surface area contributed by atoms with E-state index in [9.17, 15) is 4.79 Å². The molecule has 1 atom stereocenters. The molecule has 1 amide bonds. The van der Waals surface area contributed by atoms with E-state index in [0.717, 1.165) is 16.5 Å². The summed E-state index contributed by atoms with van der Waals surface area (Å²) >= 11 is 0. The Balaban J connectivity index is 1.72. The zero-order valence-corrected chi connectivity index (χ0v) is 13.4. The van der Waals surface area contributed by atoms with Crippen LogP contribution in [-0.4, -0.2) is 10.9 Å². The highest BCUT2D eigenvalue weighted by Gasteiger charge is 2.10. The van der Waals surface area contributed by atoms with Crippen molar-refractivity contribution in [3.05, 3.63) is 78.0 Å². The number of fused-ring (bicyclic) bond motifs is 1. The van der Waals surface area contributed by atoms with E-state index in [1.807, 2.05) is 37.3 Å². The van der Waals surface area contributed by atoms with Gasteiger partial charge in [0.2, 0.25) is 5.91 Å². The number of nitrogens with zero attached hydrogens (tertiary/aromatic N) is 1. The lowest BCUT2D eigenvalue weighted by Gasteiger charge is -2.15. The van der Waals surface area contributed by atoms with E-state index >= 15 is 0 Å². The van der Waals surface area contributed by atoms with Crippen molar-refractivity contribution >= 4 is 28.6 Å². The summed E-state index contributed by atoms with van der Waals surface area (Å²) in [5.74, 6) is 0.313. The lowest BCUT2D eigenvalue weighted by molar-refractivity contribution is -0.117. The summed E-state index contributed by atoms with van der Waals surface area (Å²) in [6.07, 6.45) is 4.86. The van der Waals surface area contributed by atoms with Crippen LogP contribution < -0.4 is 11.1 Å². The number of carbonyl (C=O) groups excluding carboxylic acids is 1. The molecular formula is C20H19N3O. The molecule has 0 aliphatic carbocycles. The average molecular weight is 317 g/mol. The molecule has 24 heavy (non-hydrogen) atoms. The number of amides is 1. The molecule has 3 N–H and O–H groups in total. The van der Waals surface area contributed by atoms with Gasteiger partial charge >= 0.3 is 0 Å². The Kier molecular flexibility index (Phi) is 4.57. The molecule has 0 spiro atoms. The summed E-state index contributed by atoms with van der Waals surface area (Å²) in [5.41, 5.74) is 7.48. The smallest absolute Gasteiger partial charge is 0.244 e. The number of rotatable bonds is 4. The molecule has 1 unspecified atom stereocenters. The molecule has 0 radical (unpaired) electrons. The minimum Gasteiger partial charge on any atom is -0.384 e. The van der Waals surface area contributed by atoms with E-state index in [1.165, 1.54) is 11.5 Å². The van der Waals surface area contributed by atoms with Crippen molar-refractivity contribution in [1.82, 2.24) is 10.3 Å². The van der Waals surface area contributed by atoms with E-state index in [4.69, 9.17) is 5.73 Å². The van der Waals surface area contributed by atoms with Crippen molar-refractivity contribution in [3.63, 3.8) is 0 Å². The Morgan fingerprint density at radius 3 is 2.71 bits per heavy atom. The molecular weight excluding hydrogens is 298 g/mol. The highest BCUT2D eigenvalue weighted by Crippen LogP contribution is 2.23. The van der Waals surface area contributed by atoms with Crippen LogP contribution in [0.1, 0.15) is 24.1 Å². The molecule has 0 saturated heterocycles. The number of aromatic nitrogens is 1. The minimum atomic E-state index is -0.146. The van der Waals surface area contributed by atoms with Gasteiger partial charge in [-0.15, -0.1) is 0 Å². The molecule has 3 aromatic rings. The predicted molar refractivity (Wildman–Crippen MR) is 98.2 cm³/mol. The average Bonchev–Trinajstić information content (AvgIpc) is 2.60. The van der Waals surface area contributed by atoms with Gasteiger partial charge in [0, 0.05) is 12.3 Å². The molecule has 0 saturated carbocycles. The topological polar surface area (TPSA) is 68.0 Å². The number of hydrogen-bond donors (Lipinski definition) is 2. The van der Waals surface area contributed by atoms with Crippen molar-refractivity contribution in [2.75, 3.05) is 5.73 Å². The minimum absolute atomic E-state index is 0.0854. The van der Waals surface area contributed by atoms with Gasteiger partial charge in [-0.05, 0) is 47.0 Å². The van der Waals surface area contributed by atoms with Gasteiger partial charge in [0.25, 0.3) is 0 Å². The Hall–Kier alpha value is -3.14. The molecule has 1 aromatic heterocycles. The van der Waals surface area contributed by atoms with Gasteiger partial charge in [-0.2, -0.15) is 0 Å². The summed E-state index contributed by atoms with van der Waals surface area (Å²) in [4.78, 5) is 16.2. The third-order valence-electron chi connectivity index (χ3n) is 3.89. The number of carbonyl (C=O) groups is 1. The molecule has 0 aliphatic heterocycles. The van der Waals surface area contributed by atoms with E-state index in [1.54, 1.807) is 18.3 Å². The van der Waals surface area contributed by atoms with Gasteiger partial charge in [-0.1, -0.05) is 42.5 Å². The largest absolute Gasteiger partial charge is 0.384 e. The van der Waals surface area contributed by atoms with Crippen LogP contribution in [0.2, 0.25) is 0 Å². The Morgan fingerprint density at radius 2 is 1.92 bits per heavy atom. The molecule has 4 nitrogen and oxygen atoms in total. The fraction of sp³-hybridized carbons (Fsp3) is 0.100. The second-order valence-electron chi connectivity index (χ2n) is 5.65. The Morgan fingerprint density at radius 1 is 1.12 bits per heavy atom. The SMILES string of the molecule is CC(NC(=O)/C=C/c1ccc(N)nc1)c1cccc2ccccc12. The summed E-state index contributed by atoms with van der Waals surface area (Å²) in [7, 11) is 0. The number of nitrogens with one attached hydrogen (secondary N) is 1. The summed E-state index contributed by atoms with van der Waals surface area (Å²) < 4.78 is 0. The summed E-state index contributed by atoms with van der Waals surface area (Å²) in [6.45, 7) is 1.98. The quantitative estimate of drug-likeness (QED) is 0.721. The zero-order chi connectivity index (χ0) is 16.9. The normalized spacial score (nSPS) is 12.4.